The Morgan fingerprint density at radius 2 is 2.00 bits per heavy atom. The zero-order valence-electron chi connectivity index (χ0n) is 16.9. The summed E-state index contributed by atoms with van der Waals surface area (Å²) in [6.07, 6.45) is 2.12. The van der Waals surface area contributed by atoms with Crippen LogP contribution in [0.15, 0.2) is 30.3 Å². The number of anilines is 2. The van der Waals surface area contributed by atoms with Crippen LogP contribution in [0.3, 0.4) is 0 Å². The molecule has 3 rings (SSSR count). The van der Waals surface area contributed by atoms with Gasteiger partial charge in [0.2, 0.25) is 5.95 Å². The molecule has 0 spiro atoms. The number of hydrogen-bond donors (Lipinski definition) is 2. The number of piperidine rings is 1. The Labute approximate surface area is 166 Å². The Morgan fingerprint density at radius 3 is 2.64 bits per heavy atom. The van der Waals surface area contributed by atoms with E-state index in [4.69, 9.17) is 4.98 Å². The van der Waals surface area contributed by atoms with Crippen molar-refractivity contribution in [3.8, 4) is 0 Å². The summed E-state index contributed by atoms with van der Waals surface area (Å²) in [6, 6.07) is 8.56. The molecule has 0 amide bonds. The fraction of sp³-hybridized carbons (Fsp3) is 0.524. The van der Waals surface area contributed by atoms with Gasteiger partial charge in [0.05, 0.1) is 6.10 Å². The molecule has 1 atom stereocenters. The van der Waals surface area contributed by atoms with Crippen molar-refractivity contribution in [3.63, 3.8) is 0 Å². The highest BCUT2D eigenvalue weighted by atomic mass is 19.1. The highest BCUT2D eigenvalue weighted by molar-refractivity contribution is 5.46. The minimum absolute atomic E-state index is 0.321. The Bertz CT molecular complexity index is 777. The lowest BCUT2D eigenvalue weighted by Crippen LogP contribution is -2.44. The lowest BCUT2D eigenvalue weighted by atomic mass is 10.0. The average molecular weight is 388 g/mol. The first-order valence-corrected chi connectivity index (χ1v) is 9.93. The lowest BCUT2D eigenvalue weighted by molar-refractivity contribution is 0.166. The highest BCUT2D eigenvalue weighted by Crippen LogP contribution is 2.22. The van der Waals surface area contributed by atoms with Crippen molar-refractivity contribution < 1.29 is 9.50 Å². The Morgan fingerprint density at radius 1 is 1.25 bits per heavy atom. The summed E-state index contributed by atoms with van der Waals surface area (Å²) in [5.74, 6) is 1.40. The summed E-state index contributed by atoms with van der Waals surface area (Å²) >= 11 is 0. The van der Waals surface area contributed by atoms with Crippen LogP contribution in [-0.4, -0.2) is 54.8 Å². The molecular weight excluding hydrogens is 357 g/mol. The summed E-state index contributed by atoms with van der Waals surface area (Å²) in [5.41, 5.74) is 1.65. The number of halogens is 1. The lowest BCUT2D eigenvalue weighted by Gasteiger charge is -2.34. The van der Waals surface area contributed by atoms with Crippen molar-refractivity contribution in [2.75, 3.05) is 43.5 Å². The molecule has 1 unspecified atom stereocenters. The summed E-state index contributed by atoms with van der Waals surface area (Å²) in [6.45, 7) is 4.33. The number of rotatable bonds is 7. The third-order valence-electron chi connectivity index (χ3n) is 5.17. The fourth-order valence-electron chi connectivity index (χ4n) is 3.44. The number of nitrogens with zero attached hydrogens (tertiary/aromatic N) is 4. The van der Waals surface area contributed by atoms with E-state index in [0.29, 0.717) is 18.2 Å². The molecule has 7 heteroatoms. The van der Waals surface area contributed by atoms with Crippen LogP contribution in [0.5, 0.6) is 0 Å². The van der Waals surface area contributed by atoms with Gasteiger partial charge in [0.25, 0.3) is 0 Å². The first-order chi connectivity index (χ1) is 13.5. The van der Waals surface area contributed by atoms with E-state index in [0.717, 1.165) is 49.8 Å². The second-order valence-corrected chi connectivity index (χ2v) is 7.51. The number of nitrogens with one attached hydrogen (secondary N) is 1. The van der Waals surface area contributed by atoms with Crippen molar-refractivity contribution in [1.82, 2.24) is 15.3 Å². The molecule has 0 bridgehead atoms. The van der Waals surface area contributed by atoms with Gasteiger partial charge in [0.1, 0.15) is 11.6 Å². The molecule has 0 aliphatic carbocycles. The smallest absolute Gasteiger partial charge is 0.227 e. The second kappa shape index (κ2) is 9.30. The fourth-order valence-corrected chi connectivity index (χ4v) is 3.44. The van der Waals surface area contributed by atoms with Crippen LogP contribution in [0.2, 0.25) is 0 Å². The molecule has 1 aliphatic heterocycles. The van der Waals surface area contributed by atoms with Crippen molar-refractivity contribution in [3.05, 3.63) is 47.4 Å². The molecular formula is C21H30FN5O. The van der Waals surface area contributed by atoms with Gasteiger partial charge in [-0.1, -0.05) is 19.1 Å². The molecule has 1 aromatic carbocycles. The van der Waals surface area contributed by atoms with Gasteiger partial charge in [-0.15, -0.1) is 0 Å². The Kier molecular flexibility index (Phi) is 6.80. The maximum atomic E-state index is 13.3. The number of aryl methyl sites for hydroxylation is 1. The number of benzene rings is 1. The third-order valence-corrected chi connectivity index (χ3v) is 5.17. The standard InChI is InChI=1S/C21H30FN5O/c1-4-17-13-20(25-21(24-17)26(2)3)27-10-8-18(9-11-27)23-14-19(28)15-6-5-7-16(22)12-15/h5-7,12-13,18-19,23,28H,4,8-11,14H2,1-3H3. The number of aromatic nitrogens is 2. The van der Waals surface area contributed by atoms with E-state index < -0.39 is 6.10 Å². The molecule has 0 radical (unpaired) electrons. The molecule has 1 aliphatic rings. The van der Waals surface area contributed by atoms with Crippen LogP contribution in [0, 0.1) is 5.82 Å². The van der Waals surface area contributed by atoms with Crippen LogP contribution in [0.4, 0.5) is 16.2 Å². The van der Waals surface area contributed by atoms with Gasteiger partial charge in [-0.2, -0.15) is 4.98 Å². The van der Waals surface area contributed by atoms with Gasteiger partial charge >= 0.3 is 0 Å². The number of aliphatic hydroxyl groups excluding tert-OH is 1. The topological polar surface area (TPSA) is 64.5 Å². The van der Waals surface area contributed by atoms with E-state index >= 15 is 0 Å². The van der Waals surface area contributed by atoms with Gasteiger partial charge in [-0.05, 0) is 37.0 Å². The van der Waals surface area contributed by atoms with Crippen LogP contribution in [-0.2, 0) is 6.42 Å². The van der Waals surface area contributed by atoms with E-state index in [1.54, 1.807) is 12.1 Å². The molecule has 1 aromatic heterocycles. The van der Waals surface area contributed by atoms with Gasteiger partial charge in [-0.3, -0.25) is 0 Å². The van der Waals surface area contributed by atoms with E-state index in [2.05, 4.69) is 28.2 Å². The first-order valence-electron chi connectivity index (χ1n) is 9.93. The Hall–Kier alpha value is -2.25. The molecule has 28 heavy (non-hydrogen) atoms. The van der Waals surface area contributed by atoms with Crippen LogP contribution in [0.25, 0.3) is 0 Å². The van der Waals surface area contributed by atoms with Gasteiger partial charge in [-0.25, -0.2) is 9.37 Å². The highest BCUT2D eigenvalue weighted by Gasteiger charge is 2.22. The third kappa shape index (κ3) is 5.17. The zero-order chi connectivity index (χ0) is 20.1. The molecule has 2 N–H and O–H groups in total. The molecule has 2 aromatic rings. The summed E-state index contributed by atoms with van der Waals surface area (Å²) in [5, 5.41) is 13.7. The average Bonchev–Trinajstić information content (AvgIpc) is 2.72. The minimum atomic E-state index is -0.703. The van der Waals surface area contributed by atoms with Crippen molar-refractivity contribution in [2.24, 2.45) is 0 Å². The van der Waals surface area contributed by atoms with Crippen molar-refractivity contribution >= 4 is 11.8 Å². The second-order valence-electron chi connectivity index (χ2n) is 7.51. The van der Waals surface area contributed by atoms with Crippen molar-refractivity contribution in [1.29, 1.82) is 0 Å². The molecule has 6 nitrogen and oxygen atoms in total. The van der Waals surface area contributed by atoms with E-state index in [1.807, 2.05) is 19.0 Å². The van der Waals surface area contributed by atoms with E-state index in [-0.39, 0.29) is 5.82 Å². The predicted molar refractivity (Wildman–Crippen MR) is 110 cm³/mol. The van der Waals surface area contributed by atoms with Gasteiger partial charge < -0.3 is 20.2 Å². The SMILES string of the molecule is CCc1cc(N2CCC(NCC(O)c3cccc(F)c3)CC2)nc(N(C)C)n1. The van der Waals surface area contributed by atoms with E-state index in [1.165, 1.54) is 12.1 Å². The molecule has 2 heterocycles. The summed E-state index contributed by atoms with van der Waals surface area (Å²) < 4.78 is 13.3. The predicted octanol–water partition coefficient (Wildman–Crippen LogP) is 2.54. The Balaban J connectivity index is 1.54. The minimum Gasteiger partial charge on any atom is -0.387 e. The molecule has 152 valence electrons. The quantitative estimate of drug-likeness (QED) is 0.761. The van der Waals surface area contributed by atoms with Gasteiger partial charge in [0, 0.05) is 51.5 Å². The number of aliphatic hydroxyl groups is 1. The zero-order valence-corrected chi connectivity index (χ0v) is 16.9. The van der Waals surface area contributed by atoms with Crippen LogP contribution < -0.4 is 15.1 Å². The monoisotopic (exact) mass is 387 g/mol. The van der Waals surface area contributed by atoms with Crippen LogP contribution >= 0.6 is 0 Å². The van der Waals surface area contributed by atoms with Gasteiger partial charge in [0.15, 0.2) is 0 Å². The largest absolute Gasteiger partial charge is 0.387 e. The molecule has 0 saturated carbocycles. The first kappa shape index (κ1) is 20.5. The maximum absolute atomic E-state index is 13.3. The summed E-state index contributed by atoms with van der Waals surface area (Å²) in [7, 11) is 3.91. The normalized spacial score (nSPS) is 16.2. The van der Waals surface area contributed by atoms with E-state index in [9.17, 15) is 9.50 Å². The molecule has 1 fully saturated rings. The van der Waals surface area contributed by atoms with Crippen molar-refractivity contribution in [2.45, 2.75) is 38.3 Å². The maximum Gasteiger partial charge on any atom is 0.227 e. The molecule has 1 saturated heterocycles. The summed E-state index contributed by atoms with van der Waals surface area (Å²) in [4.78, 5) is 13.5. The van der Waals surface area contributed by atoms with Crippen LogP contribution in [0.1, 0.15) is 37.1 Å². The number of hydrogen-bond acceptors (Lipinski definition) is 6.